The average molecular weight is 408 g/mol. The molecular weight excluding hydrogens is 386 g/mol. The van der Waals surface area contributed by atoms with E-state index in [1.54, 1.807) is 4.52 Å². The van der Waals surface area contributed by atoms with Crippen molar-refractivity contribution in [3.8, 4) is 5.75 Å². The summed E-state index contributed by atoms with van der Waals surface area (Å²) in [6.45, 7) is 3.43. The zero-order valence-electron chi connectivity index (χ0n) is 15.2. The molecule has 0 aliphatic carbocycles. The first kappa shape index (κ1) is 18.3. The SMILES string of the molecule is Cc1ccc(OCc2nn3c(C4CCN(S(C)(=O)=O)CC4)nnc3s2)cc1. The fraction of sp³-hybridized carbons (Fsp3) is 0.471. The predicted molar refractivity (Wildman–Crippen MR) is 103 cm³/mol. The molecular formula is C17H21N5O3S2. The first-order valence-corrected chi connectivity index (χ1v) is 11.4. The highest BCUT2D eigenvalue weighted by molar-refractivity contribution is 7.88. The van der Waals surface area contributed by atoms with Crippen LogP contribution in [0.4, 0.5) is 0 Å². The van der Waals surface area contributed by atoms with Crippen molar-refractivity contribution in [1.29, 1.82) is 0 Å². The van der Waals surface area contributed by atoms with E-state index in [1.165, 1.54) is 27.5 Å². The molecule has 27 heavy (non-hydrogen) atoms. The number of hydrogen-bond acceptors (Lipinski definition) is 7. The van der Waals surface area contributed by atoms with Gasteiger partial charge in [-0.3, -0.25) is 0 Å². The summed E-state index contributed by atoms with van der Waals surface area (Å²) in [6, 6.07) is 7.90. The van der Waals surface area contributed by atoms with Gasteiger partial charge in [-0.25, -0.2) is 12.7 Å². The second-order valence-electron chi connectivity index (χ2n) is 6.79. The molecule has 0 radical (unpaired) electrons. The minimum Gasteiger partial charge on any atom is -0.486 e. The molecule has 1 aliphatic heterocycles. The lowest BCUT2D eigenvalue weighted by molar-refractivity contribution is 0.302. The molecule has 0 spiro atoms. The van der Waals surface area contributed by atoms with Crippen molar-refractivity contribution < 1.29 is 13.2 Å². The average Bonchev–Trinajstić information content (AvgIpc) is 3.21. The summed E-state index contributed by atoms with van der Waals surface area (Å²) >= 11 is 1.46. The molecule has 2 aromatic heterocycles. The van der Waals surface area contributed by atoms with E-state index in [2.05, 4.69) is 15.3 Å². The van der Waals surface area contributed by atoms with E-state index in [9.17, 15) is 8.42 Å². The van der Waals surface area contributed by atoms with E-state index in [-0.39, 0.29) is 5.92 Å². The Morgan fingerprint density at radius 1 is 1.19 bits per heavy atom. The maximum Gasteiger partial charge on any atom is 0.234 e. The van der Waals surface area contributed by atoms with Gasteiger partial charge in [0.15, 0.2) is 10.8 Å². The van der Waals surface area contributed by atoms with Crippen molar-refractivity contribution in [3.05, 3.63) is 40.7 Å². The van der Waals surface area contributed by atoms with Gasteiger partial charge in [-0.15, -0.1) is 10.2 Å². The number of sulfonamides is 1. The number of piperidine rings is 1. The molecule has 8 nitrogen and oxygen atoms in total. The summed E-state index contributed by atoms with van der Waals surface area (Å²) in [4.78, 5) is 0.734. The van der Waals surface area contributed by atoms with Crippen LogP contribution >= 0.6 is 11.3 Å². The Morgan fingerprint density at radius 3 is 2.56 bits per heavy atom. The molecule has 4 rings (SSSR count). The molecule has 0 amide bonds. The Morgan fingerprint density at radius 2 is 1.89 bits per heavy atom. The molecule has 1 aromatic carbocycles. The molecule has 3 aromatic rings. The van der Waals surface area contributed by atoms with Crippen molar-refractivity contribution in [1.82, 2.24) is 24.1 Å². The number of hydrogen-bond donors (Lipinski definition) is 0. The molecule has 0 atom stereocenters. The van der Waals surface area contributed by atoms with E-state index >= 15 is 0 Å². The molecule has 0 N–H and O–H groups in total. The van der Waals surface area contributed by atoms with Gasteiger partial charge >= 0.3 is 0 Å². The smallest absolute Gasteiger partial charge is 0.234 e. The molecule has 1 aliphatic rings. The molecule has 0 unspecified atom stereocenters. The first-order chi connectivity index (χ1) is 12.9. The summed E-state index contributed by atoms with van der Waals surface area (Å²) in [7, 11) is -3.13. The number of fused-ring (bicyclic) bond motifs is 1. The molecule has 0 saturated carbocycles. The van der Waals surface area contributed by atoms with Crippen LogP contribution in [0.1, 0.15) is 35.2 Å². The normalized spacial score (nSPS) is 16.8. The maximum absolute atomic E-state index is 11.7. The third-order valence-corrected chi connectivity index (χ3v) is 6.90. The third kappa shape index (κ3) is 3.97. The van der Waals surface area contributed by atoms with Crippen molar-refractivity contribution in [2.24, 2.45) is 0 Å². The second kappa shape index (κ2) is 7.17. The highest BCUT2D eigenvalue weighted by Gasteiger charge is 2.29. The van der Waals surface area contributed by atoms with Crippen LogP contribution in [0.3, 0.4) is 0 Å². The van der Waals surface area contributed by atoms with Gasteiger partial charge in [-0.1, -0.05) is 29.0 Å². The van der Waals surface area contributed by atoms with Crippen LogP contribution in [0.2, 0.25) is 0 Å². The van der Waals surface area contributed by atoms with Crippen LogP contribution in [0.25, 0.3) is 4.96 Å². The highest BCUT2D eigenvalue weighted by atomic mass is 32.2. The van der Waals surface area contributed by atoms with E-state index in [4.69, 9.17) is 4.74 Å². The minimum absolute atomic E-state index is 0.158. The van der Waals surface area contributed by atoms with Crippen molar-refractivity contribution in [3.63, 3.8) is 0 Å². The Bertz CT molecular complexity index is 1030. The van der Waals surface area contributed by atoms with Gasteiger partial charge < -0.3 is 4.74 Å². The fourth-order valence-corrected chi connectivity index (χ4v) is 4.84. The van der Waals surface area contributed by atoms with Crippen LogP contribution in [-0.4, -0.2) is 51.9 Å². The lowest BCUT2D eigenvalue weighted by Crippen LogP contribution is -2.37. The topological polar surface area (TPSA) is 89.7 Å². The van der Waals surface area contributed by atoms with E-state index in [1.807, 2.05) is 31.2 Å². The van der Waals surface area contributed by atoms with E-state index in [0.29, 0.717) is 19.7 Å². The van der Waals surface area contributed by atoms with Gasteiger partial charge in [0.25, 0.3) is 0 Å². The Kier molecular flexibility index (Phi) is 4.87. The van der Waals surface area contributed by atoms with Gasteiger partial charge in [-0.2, -0.15) is 9.61 Å². The third-order valence-electron chi connectivity index (χ3n) is 4.73. The zero-order chi connectivity index (χ0) is 19.0. The van der Waals surface area contributed by atoms with Gasteiger partial charge in [0.1, 0.15) is 12.4 Å². The fourth-order valence-electron chi connectivity index (χ4n) is 3.21. The highest BCUT2D eigenvalue weighted by Crippen LogP contribution is 2.29. The van der Waals surface area contributed by atoms with Gasteiger partial charge in [0.05, 0.1) is 6.26 Å². The van der Waals surface area contributed by atoms with Crippen LogP contribution in [0.15, 0.2) is 24.3 Å². The first-order valence-electron chi connectivity index (χ1n) is 8.76. The van der Waals surface area contributed by atoms with Crippen LogP contribution in [-0.2, 0) is 16.6 Å². The summed E-state index contributed by atoms with van der Waals surface area (Å²) in [5, 5.41) is 13.9. The maximum atomic E-state index is 11.7. The largest absolute Gasteiger partial charge is 0.486 e. The number of nitrogens with zero attached hydrogens (tertiary/aromatic N) is 5. The standard InChI is InChI=1S/C17H21N5O3S2/c1-12-3-5-14(6-4-12)25-11-15-20-22-16(18-19-17(22)26-15)13-7-9-21(10-8-13)27(2,23)24/h3-6,13H,7-11H2,1-2H3. The monoisotopic (exact) mass is 407 g/mol. The predicted octanol–water partition coefficient (Wildman–Crippen LogP) is 2.21. The summed E-state index contributed by atoms with van der Waals surface area (Å²) in [5.41, 5.74) is 1.19. The van der Waals surface area contributed by atoms with Crippen molar-refractivity contribution in [2.45, 2.75) is 32.3 Å². The van der Waals surface area contributed by atoms with Gasteiger partial charge in [0, 0.05) is 19.0 Å². The van der Waals surface area contributed by atoms with Crippen molar-refractivity contribution in [2.75, 3.05) is 19.3 Å². The quantitative estimate of drug-likeness (QED) is 0.644. The van der Waals surface area contributed by atoms with Crippen LogP contribution in [0.5, 0.6) is 5.75 Å². The summed E-state index contributed by atoms with van der Waals surface area (Å²) in [6.07, 6.45) is 2.70. The Hall–Kier alpha value is -2.04. The molecule has 10 heteroatoms. The van der Waals surface area contributed by atoms with Crippen LogP contribution < -0.4 is 4.74 Å². The number of aryl methyl sites for hydroxylation is 1. The number of aromatic nitrogens is 4. The lowest BCUT2D eigenvalue weighted by atomic mass is 9.97. The molecule has 1 fully saturated rings. The molecule has 0 bridgehead atoms. The molecule has 144 valence electrons. The van der Waals surface area contributed by atoms with Gasteiger partial charge in [0.2, 0.25) is 15.0 Å². The van der Waals surface area contributed by atoms with E-state index < -0.39 is 10.0 Å². The second-order valence-corrected chi connectivity index (χ2v) is 9.81. The number of ether oxygens (including phenoxy) is 1. The lowest BCUT2D eigenvalue weighted by Gasteiger charge is -2.28. The number of benzene rings is 1. The Balaban J connectivity index is 1.45. The summed E-state index contributed by atoms with van der Waals surface area (Å²) in [5.74, 6) is 1.77. The summed E-state index contributed by atoms with van der Waals surface area (Å²) < 4.78 is 32.4. The number of rotatable bonds is 5. The molecule has 1 saturated heterocycles. The zero-order valence-corrected chi connectivity index (χ0v) is 16.8. The minimum atomic E-state index is -3.13. The molecule has 3 heterocycles. The van der Waals surface area contributed by atoms with E-state index in [0.717, 1.165) is 34.4 Å². The van der Waals surface area contributed by atoms with Crippen LogP contribution in [0, 0.1) is 6.92 Å². The van der Waals surface area contributed by atoms with Gasteiger partial charge in [-0.05, 0) is 31.9 Å². The van der Waals surface area contributed by atoms with Crippen molar-refractivity contribution >= 4 is 26.3 Å². The Labute approximate surface area is 161 Å².